The van der Waals surface area contributed by atoms with Crippen LogP contribution in [0.1, 0.15) is 16.5 Å². The lowest BCUT2D eigenvalue weighted by Crippen LogP contribution is -2.12. The van der Waals surface area contributed by atoms with Crippen molar-refractivity contribution in [3.8, 4) is 11.5 Å². The smallest absolute Gasteiger partial charge is 0.163 e. The highest BCUT2D eigenvalue weighted by molar-refractivity contribution is 7.10. The standard InChI is InChI=1S/C13H14FNO2S/c1-16-10-6-8(9(14)7-11(10)17-2)13(15)12-4-3-5-18-12/h3-7,13H,15H2,1-2H3/t13-/m0/s1. The minimum Gasteiger partial charge on any atom is -0.493 e. The number of thiophene rings is 1. The first-order valence-corrected chi connectivity index (χ1v) is 6.25. The molecule has 0 aliphatic heterocycles. The van der Waals surface area contributed by atoms with Gasteiger partial charge in [-0.05, 0) is 17.5 Å². The first-order valence-electron chi connectivity index (χ1n) is 5.37. The Morgan fingerprint density at radius 1 is 1.22 bits per heavy atom. The van der Waals surface area contributed by atoms with Crippen molar-refractivity contribution in [1.29, 1.82) is 0 Å². The van der Waals surface area contributed by atoms with Crippen LogP contribution in [0.25, 0.3) is 0 Å². The molecular formula is C13H14FNO2S. The molecule has 2 aromatic rings. The monoisotopic (exact) mass is 267 g/mol. The van der Waals surface area contributed by atoms with Crippen molar-refractivity contribution in [2.45, 2.75) is 6.04 Å². The summed E-state index contributed by atoms with van der Waals surface area (Å²) < 4.78 is 24.2. The van der Waals surface area contributed by atoms with Crippen LogP contribution in [0.3, 0.4) is 0 Å². The van der Waals surface area contributed by atoms with Gasteiger partial charge in [-0.2, -0.15) is 0 Å². The van der Waals surface area contributed by atoms with Crippen molar-refractivity contribution in [1.82, 2.24) is 0 Å². The van der Waals surface area contributed by atoms with E-state index in [1.807, 2.05) is 17.5 Å². The quantitative estimate of drug-likeness (QED) is 0.926. The Kier molecular flexibility index (Phi) is 3.84. The molecule has 0 bridgehead atoms. The summed E-state index contributed by atoms with van der Waals surface area (Å²) in [6, 6.07) is 6.15. The number of rotatable bonds is 4. The van der Waals surface area contributed by atoms with Gasteiger partial charge in [0.05, 0.1) is 20.3 Å². The molecule has 2 N–H and O–H groups in total. The van der Waals surface area contributed by atoms with E-state index in [1.165, 1.54) is 31.6 Å². The molecule has 18 heavy (non-hydrogen) atoms. The van der Waals surface area contributed by atoms with E-state index >= 15 is 0 Å². The largest absolute Gasteiger partial charge is 0.493 e. The minimum absolute atomic E-state index is 0.358. The van der Waals surface area contributed by atoms with Gasteiger partial charge < -0.3 is 15.2 Å². The zero-order valence-electron chi connectivity index (χ0n) is 10.1. The van der Waals surface area contributed by atoms with Crippen molar-refractivity contribution in [2.75, 3.05) is 14.2 Å². The average molecular weight is 267 g/mol. The Morgan fingerprint density at radius 2 is 1.89 bits per heavy atom. The van der Waals surface area contributed by atoms with Gasteiger partial charge in [0.1, 0.15) is 5.82 Å². The van der Waals surface area contributed by atoms with Gasteiger partial charge in [0.25, 0.3) is 0 Å². The highest BCUT2D eigenvalue weighted by Gasteiger charge is 2.18. The molecule has 0 aliphatic rings. The van der Waals surface area contributed by atoms with Gasteiger partial charge in [0.2, 0.25) is 0 Å². The van der Waals surface area contributed by atoms with Crippen molar-refractivity contribution in [3.63, 3.8) is 0 Å². The van der Waals surface area contributed by atoms with E-state index in [0.29, 0.717) is 17.1 Å². The maximum atomic E-state index is 14.0. The summed E-state index contributed by atoms with van der Waals surface area (Å²) in [4.78, 5) is 0.904. The predicted molar refractivity (Wildman–Crippen MR) is 69.9 cm³/mol. The fraction of sp³-hybridized carbons (Fsp3) is 0.231. The number of hydrogen-bond donors (Lipinski definition) is 1. The molecule has 0 amide bonds. The minimum atomic E-state index is -0.496. The average Bonchev–Trinajstić information content (AvgIpc) is 2.91. The van der Waals surface area contributed by atoms with Crippen molar-refractivity contribution in [2.24, 2.45) is 5.73 Å². The summed E-state index contributed by atoms with van der Waals surface area (Å²) in [5.41, 5.74) is 6.45. The van der Waals surface area contributed by atoms with Gasteiger partial charge in [0.15, 0.2) is 11.5 Å². The van der Waals surface area contributed by atoms with Gasteiger partial charge in [0, 0.05) is 16.5 Å². The third kappa shape index (κ3) is 2.32. The number of nitrogens with two attached hydrogens (primary N) is 1. The summed E-state index contributed by atoms with van der Waals surface area (Å²) >= 11 is 1.49. The van der Waals surface area contributed by atoms with Crippen molar-refractivity contribution >= 4 is 11.3 Å². The van der Waals surface area contributed by atoms with E-state index in [9.17, 15) is 4.39 Å². The number of hydrogen-bond acceptors (Lipinski definition) is 4. The van der Waals surface area contributed by atoms with Crippen LogP contribution in [0, 0.1) is 5.82 Å². The number of benzene rings is 1. The SMILES string of the molecule is COc1cc(F)c([C@H](N)c2cccs2)cc1OC. The van der Waals surface area contributed by atoms with E-state index in [4.69, 9.17) is 15.2 Å². The lowest BCUT2D eigenvalue weighted by molar-refractivity contribution is 0.351. The first-order chi connectivity index (χ1) is 8.67. The van der Waals surface area contributed by atoms with Crippen LogP contribution in [-0.4, -0.2) is 14.2 Å². The van der Waals surface area contributed by atoms with Gasteiger partial charge in [-0.1, -0.05) is 6.07 Å². The van der Waals surface area contributed by atoms with Gasteiger partial charge in [-0.3, -0.25) is 0 Å². The van der Waals surface area contributed by atoms with Crippen LogP contribution in [0.2, 0.25) is 0 Å². The maximum Gasteiger partial charge on any atom is 0.163 e. The molecule has 1 atom stereocenters. The third-order valence-corrected chi connectivity index (χ3v) is 3.64. The highest BCUT2D eigenvalue weighted by Crippen LogP contribution is 2.34. The number of methoxy groups -OCH3 is 2. The Hall–Kier alpha value is -1.59. The molecule has 0 spiro atoms. The molecular weight excluding hydrogens is 253 g/mol. The molecule has 1 aromatic carbocycles. The molecule has 96 valence electrons. The molecule has 2 rings (SSSR count). The zero-order valence-corrected chi connectivity index (χ0v) is 11.0. The zero-order chi connectivity index (χ0) is 13.1. The lowest BCUT2D eigenvalue weighted by Gasteiger charge is -2.15. The third-order valence-electron chi connectivity index (χ3n) is 2.69. The van der Waals surface area contributed by atoms with Crippen LogP contribution in [0.4, 0.5) is 4.39 Å². The van der Waals surface area contributed by atoms with Crippen LogP contribution in [0.5, 0.6) is 11.5 Å². The second-order valence-corrected chi connectivity index (χ2v) is 4.70. The van der Waals surface area contributed by atoms with Gasteiger partial charge in [-0.25, -0.2) is 4.39 Å². The summed E-state index contributed by atoms with van der Waals surface area (Å²) in [7, 11) is 2.98. The van der Waals surface area contributed by atoms with Gasteiger partial charge >= 0.3 is 0 Å². The Morgan fingerprint density at radius 3 is 2.44 bits per heavy atom. The highest BCUT2D eigenvalue weighted by atomic mass is 32.1. The van der Waals surface area contributed by atoms with Crippen LogP contribution >= 0.6 is 11.3 Å². The normalized spacial score (nSPS) is 12.2. The fourth-order valence-corrected chi connectivity index (χ4v) is 2.47. The summed E-state index contributed by atoms with van der Waals surface area (Å²) in [5, 5.41) is 1.91. The van der Waals surface area contributed by atoms with Gasteiger partial charge in [-0.15, -0.1) is 11.3 Å². The van der Waals surface area contributed by atoms with Crippen molar-refractivity contribution in [3.05, 3.63) is 45.9 Å². The summed E-state index contributed by atoms with van der Waals surface area (Å²) in [5.74, 6) is 0.437. The molecule has 0 saturated carbocycles. The fourth-order valence-electron chi connectivity index (χ4n) is 1.73. The molecule has 0 aliphatic carbocycles. The summed E-state index contributed by atoms with van der Waals surface area (Å²) in [6.07, 6.45) is 0. The van der Waals surface area contributed by atoms with E-state index < -0.39 is 11.9 Å². The first kappa shape index (κ1) is 12.9. The summed E-state index contributed by atoms with van der Waals surface area (Å²) in [6.45, 7) is 0. The Balaban J connectivity index is 2.45. The van der Waals surface area contributed by atoms with Crippen LogP contribution in [-0.2, 0) is 0 Å². The van der Waals surface area contributed by atoms with Crippen LogP contribution in [0.15, 0.2) is 29.6 Å². The van der Waals surface area contributed by atoms with E-state index in [0.717, 1.165) is 4.88 Å². The second kappa shape index (κ2) is 5.37. The topological polar surface area (TPSA) is 44.5 Å². The molecule has 0 fully saturated rings. The molecule has 3 nitrogen and oxygen atoms in total. The van der Waals surface area contributed by atoms with E-state index in [-0.39, 0.29) is 0 Å². The maximum absolute atomic E-state index is 14.0. The Bertz CT molecular complexity index is 528. The lowest BCUT2D eigenvalue weighted by atomic mass is 10.0. The number of ether oxygens (including phenoxy) is 2. The molecule has 0 unspecified atom stereocenters. The van der Waals surface area contributed by atoms with Crippen molar-refractivity contribution < 1.29 is 13.9 Å². The molecule has 0 saturated heterocycles. The molecule has 1 heterocycles. The second-order valence-electron chi connectivity index (χ2n) is 3.72. The van der Waals surface area contributed by atoms with E-state index in [1.54, 1.807) is 6.07 Å². The molecule has 0 radical (unpaired) electrons. The molecule has 1 aromatic heterocycles. The Labute approximate surface area is 109 Å². The number of halogens is 1. The van der Waals surface area contributed by atoms with Crippen LogP contribution < -0.4 is 15.2 Å². The van der Waals surface area contributed by atoms with E-state index in [2.05, 4.69) is 0 Å². The molecule has 5 heteroatoms. The predicted octanol–water partition coefficient (Wildman–Crippen LogP) is 2.95.